The first kappa shape index (κ1) is 16.6. The lowest BCUT2D eigenvalue weighted by Crippen LogP contribution is -2.44. The van der Waals surface area contributed by atoms with Crippen molar-refractivity contribution in [3.05, 3.63) is 47.3 Å². The average molecular weight is 335 g/mol. The molecule has 2 aromatic rings. The van der Waals surface area contributed by atoms with E-state index >= 15 is 0 Å². The summed E-state index contributed by atoms with van der Waals surface area (Å²) in [5.41, 5.74) is 0.457. The third-order valence-corrected chi connectivity index (χ3v) is 4.14. The zero-order valence-electron chi connectivity index (χ0n) is 13.5. The van der Waals surface area contributed by atoms with Crippen LogP contribution < -0.4 is 5.32 Å². The van der Waals surface area contributed by atoms with E-state index in [0.29, 0.717) is 12.1 Å². The fourth-order valence-electron chi connectivity index (χ4n) is 2.93. The number of hydrogen-bond acceptors (Lipinski definition) is 3. The van der Waals surface area contributed by atoms with Gasteiger partial charge in [-0.15, -0.1) is 0 Å². The molecular weight excluding hydrogens is 316 g/mol. The normalized spacial score (nSPS) is 17.5. The number of fused-ring (bicyclic) bond motifs is 1. The van der Waals surface area contributed by atoms with Gasteiger partial charge in [0.1, 0.15) is 17.2 Å². The maximum atomic E-state index is 13.5. The van der Waals surface area contributed by atoms with Crippen molar-refractivity contribution in [2.45, 2.75) is 44.8 Å². The second-order valence-electron chi connectivity index (χ2n) is 6.56. The van der Waals surface area contributed by atoms with Crippen LogP contribution in [0.1, 0.15) is 44.0 Å². The summed E-state index contributed by atoms with van der Waals surface area (Å²) in [6.07, 6.45) is 3.82. The Kier molecular flexibility index (Phi) is 4.13. The molecule has 7 heteroatoms. The van der Waals surface area contributed by atoms with Gasteiger partial charge in [0, 0.05) is 17.3 Å². The van der Waals surface area contributed by atoms with Crippen molar-refractivity contribution in [2.75, 3.05) is 0 Å². The minimum atomic E-state index is -1.47. The number of carbonyl (C=O) groups is 1. The Morgan fingerprint density at radius 1 is 1.33 bits per heavy atom. The molecule has 1 aliphatic carbocycles. The summed E-state index contributed by atoms with van der Waals surface area (Å²) in [4.78, 5) is 12.0. The number of hydrogen-bond donors (Lipinski definition) is 2. The molecule has 1 aromatic carbocycles. The topological polar surface area (TPSA) is 67.2 Å². The Morgan fingerprint density at radius 2 is 2.00 bits per heavy atom. The van der Waals surface area contributed by atoms with Gasteiger partial charge in [0.2, 0.25) is 0 Å². The summed E-state index contributed by atoms with van der Waals surface area (Å²) in [7, 11) is 0. The smallest absolute Gasteiger partial charge is 0.251 e. The van der Waals surface area contributed by atoms with Crippen LogP contribution in [-0.2, 0) is 11.2 Å². The highest BCUT2D eigenvalue weighted by Crippen LogP contribution is 2.31. The fourth-order valence-corrected chi connectivity index (χ4v) is 2.93. The third kappa shape index (κ3) is 3.17. The van der Waals surface area contributed by atoms with Crippen molar-refractivity contribution in [1.82, 2.24) is 15.1 Å². The predicted molar refractivity (Wildman–Crippen MR) is 83.6 cm³/mol. The summed E-state index contributed by atoms with van der Waals surface area (Å²) in [5, 5.41) is 16.8. The number of rotatable bonds is 3. The van der Waals surface area contributed by atoms with E-state index in [4.69, 9.17) is 0 Å². The molecule has 128 valence electrons. The summed E-state index contributed by atoms with van der Waals surface area (Å²) >= 11 is 0. The standard InChI is InChI=1S/C17H19F2N3O2/c1-17(2,24)16(23)21-14-4-3-5-15-13(14)9-20-22(15)12-7-10(18)6-11(19)8-12/h6-9,14,24H,3-5H2,1-2H3,(H,21,23). The summed E-state index contributed by atoms with van der Waals surface area (Å²) in [6.45, 7) is 2.84. The molecule has 1 amide bonds. The SMILES string of the molecule is CC(C)(O)C(=O)NC1CCCc2c1cnn2-c1cc(F)cc(F)c1. The Morgan fingerprint density at radius 3 is 2.62 bits per heavy atom. The number of aliphatic hydroxyl groups is 1. The third-order valence-electron chi connectivity index (χ3n) is 4.14. The van der Waals surface area contributed by atoms with Crippen LogP contribution in [0, 0.1) is 11.6 Å². The summed E-state index contributed by atoms with van der Waals surface area (Å²) in [5.74, 6) is -1.81. The van der Waals surface area contributed by atoms with Gasteiger partial charge in [-0.25, -0.2) is 13.5 Å². The van der Waals surface area contributed by atoms with Crippen molar-refractivity contribution >= 4 is 5.91 Å². The maximum absolute atomic E-state index is 13.5. The molecule has 0 saturated carbocycles. The van der Waals surface area contributed by atoms with E-state index in [1.54, 1.807) is 6.20 Å². The lowest BCUT2D eigenvalue weighted by Gasteiger charge is -2.27. The van der Waals surface area contributed by atoms with Gasteiger partial charge in [-0.1, -0.05) is 0 Å². The number of amides is 1. The second-order valence-corrected chi connectivity index (χ2v) is 6.56. The van der Waals surface area contributed by atoms with Crippen molar-refractivity contribution in [3.8, 4) is 5.69 Å². The van der Waals surface area contributed by atoms with E-state index in [2.05, 4.69) is 10.4 Å². The number of benzene rings is 1. The van der Waals surface area contributed by atoms with Gasteiger partial charge in [0.15, 0.2) is 0 Å². The molecule has 1 aliphatic rings. The van der Waals surface area contributed by atoms with Crippen LogP contribution >= 0.6 is 0 Å². The Bertz CT molecular complexity index is 760. The molecule has 24 heavy (non-hydrogen) atoms. The van der Waals surface area contributed by atoms with Gasteiger partial charge in [0.05, 0.1) is 17.9 Å². The molecule has 0 spiro atoms. The van der Waals surface area contributed by atoms with Crippen LogP contribution in [0.3, 0.4) is 0 Å². The minimum absolute atomic E-state index is 0.278. The lowest BCUT2D eigenvalue weighted by atomic mass is 9.92. The quantitative estimate of drug-likeness (QED) is 0.905. The highest BCUT2D eigenvalue weighted by molar-refractivity contribution is 5.84. The Hall–Kier alpha value is -2.28. The van der Waals surface area contributed by atoms with Gasteiger partial charge in [-0.2, -0.15) is 5.10 Å². The lowest BCUT2D eigenvalue weighted by molar-refractivity contribution is -0.137. The molecule has 3 rings (SSSR count). The molecule has 0 saturated heterocycles. The van der Waals surface area contributed by atoms with E-state index in [1.165, 1.54) is 30.7 Å². The first-order valence-electron chi connectivity index (χ1n) is 7.82. The molecular formula is C17H19F2N3O2. The van der Waals surface area contributed by atoms with E-state index in [0.717, 1.165) is 30.2 Å². The molecule has 1 unspecified atom stereocenters. The van der Waals surface area contributed by atoms with Crippen molar-refractivity contribution in [3.63, 3.8) is 0 Å². The number of halogens is 2. The molecule has 1 aromatic heterocycles. The largest absolute Gasteiger partial charge is 0.381 e. The summed E-state index contributed by atoms with van der Waals surface area (Å²) in [6, 6.07) is 2.97. The predicted octanol–water partition coefficient (Wildman–Crippen LogP) is 2.42. The van der Waals surface area contributed by atoms with Crippen LogP contribution in [0.2, 0.25) is 0 Å². The van der Waals surface area contributed by atoms with Crippen LogP contribution in [-0.4, -0.2) is 26.4 Å². The van der Waals surface area contributed by atoms with E-state index < -0.39 is 23.1 Å². The van der Waals surface area contributed by atoms with E-state index in [9.17, 15) is 18.7 Å². The molecule has 0 radical (unpaired) electrons. The average Bonchev–Trinajstić information content (AvgIpc) is 2.90. The molecule has 0 aliphatic heterocycles. The molecule has 1 heterocycles. The van der Waals surface area contributed by atoms with Crippen LogP contribution in [0.15, 0.2) is 24.4 Å². The van der Waals surface area contributed by atoms with Crippen molar-refractivity contribution in [1.29, 1.82) is 0 Å². The van der Waals surface area contributed by atoms with Crippen LogP contribution in [0.25, 0.3) is 5.69 Å². The molecule has 5 nitrogen and oxygen atoms in total. The van der Waals surface area contributed by atoms with Gasteiger partial charge >= 0.3 is 0 Å². The molecule has 2 N–H and O–H groups in total. The van der Waals surface area contributed by atoms with Gasteiger partial charge < -0.3 is 10.4 Å². The number of nitrogens with zero attached hydrogens (tertiary/aromatic N) is 2. The van der Waals surface area contributed by atoms with E-state index in [-0.39, 0.29) is 6.04 Å². The van der Waals surface area contributed by atoms with Crippen molar-refractivity contribution < 1.29 is 18.7 Å². The van der Waals surface area contributed by atoms with Crippen LogP contribution in [0.4, 0.5) is 8.78 Å². The Balaban J connectivity index is 1.94. The highest BCUT2D eigenvalue weighted by atomic mass is 19.1. The number of carbonyl (C=O) groups excluding carboxylic acids is 1. The van der Waals surface area contributed by atoms with Crippen molar-refractivity contribution in [2.24, 2.45) is 0 Å². The fraction of sp³-hybridized carbons (Fsp3) is 0.412. The second kappa shape index (κ2) is 5.98. The number of nitrogens with one attached hydrogen (secondary N) is 1. The van der Waals surface area contributed by atoms with Gasteiger partial charge in [-0.05, 0) is 45.2 Å². The highest BCUT2D eigenvalue weighted by Gasteiger charge is 2.30. The van der Waals surface area contributed by atoms with Gasteiger partial charge in [0.25, 0.3) is 5.91 Å². The number of aromatic nitrogens is 2. The summed E-state index contributed by atoms with van der Waals surface area (Å²) < 4.78 is 28.4. The Labute approximate surface area is 138 Å². The molecule has 0 bridgehead atoms. The zero-order chi connectivity index (χ0) is 17.5. The monoisotopic (exact) mass is 335 g/mol. The first-order chi connectivity index (χ1) is 11.3. The van der Waals surface area contributed by atoms with E-state index in [1.807, 2.05) is 0 Å². The first-order valence-corrected chi connectivity index (χ1v) is 7.82. The molecule has 1 atom stereocenters. The maximum Gasteiger partial charge on any atom is 0.251 e. The van der Waals surface area contributed by atoms with Crippen LogP contribution in [0.5, 0.6) is 0 Å². The minimum Gasteiger partial charge on any atom is -0.381 e. The molecule has 0 fully saturated rings. The van der Waals surface area contributed by atoms with Gasteiger partial charge in [-0.3, -0.25) is 4.79 Å². The zero-order valence-corrected chi connectivity index (χ0v) is 13.5.